The highest BCUT2D eigenvalue weighted by molar-refractivity contribution is 6.72. The molecule has 6 nitrogen and oxygen atoms in total. The second-order valence-corrected chi connectivity index (χ2v) is 22.9. The van der Waals surface area contributed by atoms with Gasteiger partial charge >= 0.3 is 5.97 Å². The molecule has 0 bridgehead atoms. The van der Waals surface area contributed by atoms with Crippen molar-refractivity contribution in [2.45, 2.75) is 91.2 Å². The lowest BCUT2D eigenvalue weighted by molar-refractivity contribution is -0.147. The van der Waals surface area contributed by atoms with Gasteiger partial charge in [-0.1, -0.05) is 6.92 Å². The number of nitrogens with zero attached hydrogens (tertiary/aromatic N) is 1. The van der Waals surface area contributed by atoms with Crippen LogP contribution in [0.25, 0.3) is 0 Å². The van der Waals surface area contributed by atoms with E-state index in [9.17, 15) is 9.59 Å². The molecule has 0 heterocycles. The van der Waals surface area contributed by atoms with Gasteiger partial charge in [-0.15, -0.1) is 0 Å². The molecule has 1 atom stereocenters. The van der Waals surface area contributed by atoms with Gasteiger partial charge in [0.15, 0.2) is 8.32 Å². The molecule has 0 saturated heterocycles. The van der Waals surface area contributed by atoms with Gasteiger partial charge in [0.25, 0.3) is 5.97 Å². The van der Waals surface area contributed by atoms with Crippen LogP contribution in [0.5, 0.6) is 0 Å². The highest BCUT2D eigenvalue weighted by Crippen LogP contribution is 2.18. The van der Waals surface area contributed by atoms with Gasteiger partial charge in [0, 0.05) is 6.61 Å². The van der Waals surface area contributed by atoms with Gasteiger partial charge in [0.2, 0.25) is 16.6 Å². The summed E-state index contributed by atoms with van der Waals surface area (Å²) in [4.78, 5) is 27.4. The second-order valence-electron chi connectivity index (χ2n) is 9.76. The third kappa shape index (κ3) is 12.9. The number of carbonyl (C=O) groups is 2. The lowest BCUT2D eigenvalue weighted by Gasteiger charge is -2.32. The standard InChI is InChI=1S/C19H43NO5Si3/c1-11-20(14-13-15-28(9,10)23-12-2)17(19(22)25-27(6,7)8)16-18(21)24-26(3,4)5/h17H,11-16H2,1-10H3. The number of rotatable bonds is 13. The highest BCUT2D eigenvalue weighted by atomic mass is 28.4. The largest absolute Gasteiger partial charge is 0.520 e. The third-order valence-corrected chi connectivity index (χ3v) is 8.35. The van der Waals surface area contributed by atoms with E-state index in [-0.39, 0.29) is 18.4 Å². The Bertz CT molecular complexity index is 501. The zero-order valence-corrected chi connectivity index (χ0v) is 22.8. The van der Waals surface area contributed by atoms with Crippen LogP contribution in [0.15, 0.2) is 0 Å². The molecule has 0 spiro atoms. The summed E-state index contributed by atoms with van der Waals surface area (Å²) in [7, 11) is -5.71. The van der Waals surface area contributed by atoms with Gasteiger partial charge in [-0.3, -0.25) is 14.5 Å². The SMILES string of the molecule is CCO[Si](C)(C)CCCN(CC)C(CC(=O)O[Si](C)(C)C)C(=O)O[Si](C)(C)C. The lowest BCUT2D eigenvalue weighted by atomic mass is 10.1. The zero-order valence-electron chi connectivity index (χ0n) is 19.8. The summed E-state index contributed by atoms with van der Waals surface area (Å²) in [6.07, 6.45) is 0.987. The monoisotopic (exact) mass is 449 g/mol. The first-order valence-electron chi connectivity index (χ1n) is 10.4. The van der Waals surface area contributed by atoms with Crippen LogP contribution in [0.4, 0.5) is 0 Å². The van der Waals surface area contributed by atoms with E-state index in [0.29, 0.717) is 6.54 Å². The van der Waals surface area contributed by atoms with Crippen molar-refractivity contribution in [3.63, 3.8) is 0 Å². The average Bonchev–Trinajstić information content (AvgIpc) is 2.46. The maximum absolute atomic E-state index is 12.9. The maximum Gasteiger partial charge on any atom is 0.310 e. The summed E-state index contributed by atoms with van der Waals surface area (Å²) in [6.45, 7) is 22.5. The average molecular weight is 450 g/mol. The summed E-state index contributed by atoms with van der Waals surface area (Å²) in [5.74, 6) is -0.603. The van der Waals surface area contributed by atoms with Crippen molar-refractivity contribution in [3.8, 4) is 0 Å². The topological polar surface area (TPSA) is 65.1 Å². The van der Waals surface area contributed by atoms with Crippen molar-refractivity contribution >= 4 is 36.9 Å². The van der Waals surface area contributed by atoms with E-state index in [2.05, 4.69) is 18.0 Å². The van der Waals surface area contributed by atoms with Gasteiger partial charge in [-0.2, -0.15) is 0 Å². The van der Waals surface area contributed by atoms with Gasteiger partial charge in [-0.05, 0) is 84.9 Å². The first-order valence-corrected chi connectivity index (χ1v) is 20.4. The molecule has 0 aromatic carbocycles. The number of hydrogen-bond acceptors (Lipinski definition) is 6. The van der Waals surface area contributed by atoms with Crippen molar-refractivity contribution < 1.29 is 22.9 Å². The van der Waals surface area contributed by atoms with Crippen molar-refractivity contribution in [3.05, 3.63) is 0 Å². The van der Waals surface area contributed by atoms with Gasteiger partial charge < -0.3 is 13.3 Å². The minimum atomic E-state index is -2.04. The number of carbonyl (C=O) groups excluding carboxylic acids is 2. The van der Waals surface area contributed by atoms with Crippen molar-refractivity contribution in [2.24, 2.45) is 0 Å². The molecule has 0 aliphatic carbocycles. The van der Waals surface area contributed by atoms with Gasteiger partial charge in [0.1, 0.15) is 6.04 Å². The predicted molar refractivity (Wildman–Crippen MR) is 123 cm³/mol. The van der Waals surface area contributed by atoms with E-state index in [4.69, 9.17) is 13.3 Å². The molecule has 0 fully saturated rings. The normalized spacial score (nSPS) is 14.1. The lowest BCUT2D eigenvalue weighted by Crippen LogP contribution is -2.48. The Kier molecular flexibility index (Phi) is 11.4. The number of hydrogen-bond donors (Lipinski definition) is 0. The van der Waals surface area contributed by atoms with E-state index in [0.717, 1.165) is 25.6 Å². The van der Waals surface area contributed by atoms with Crippen LogP contribution in [0.3, 0.4) is 0 Å². The fourth-order valence-electron chi connectivity index (χ4n) is 2.98. The van der Waals surface area contributed by atoms with E-state index in [1.165, 1.54) is 0 Å². The molecule has 0 aliphatic rings. The Hall–Kier alpha value is -0.489. The molecular formula is C19H43NO5Si3. The second kappa shape index (κ2) is 11.6. The van der Waals surface area contributed by atoms with Crippen LogP contribution in [-0.4, -0.2) is 67.5 Å². The fourth-order valence-corrected chi connectivity index (χ4v) is 6.42. The molecule has 1 unspecified atom stereocenters. The summed E-state index contributed by atoms with van der Waals surface area (Å²) >= 11 is 0. The van der Waals surface area contributed by atoms with Crippen LogP contribution < -0.4 is 0 Å². The smallest absolute Gasteiger partial charge is 0.310 e. The first kappa shape index (κ1) is 27.5. The summed E-state index contributed by atoms with van der Waals surface area (Å²) < 4.78 is 17.2. The quantitative estimate of drug-likeness (QED) is 0.387. The third-order valence-electron chi connectivity index (χ3n) is 4.07. The van der Waals surface area contributed by atoms with E-state index < -0.39 is 31.0 Å². The van der Waals surface area contributed by atoms with Crippen molar-refractivity contribution in [1.29, 1.82) is 0 Å². The Labute approximate surface area is 175 Å². The van der Waals surface area contributed by atoms with Crippen LogP contribution in [0, 0.1) is 0 Å². The van der Waals surface area contributed by atoms with Crippen molar-refractivity contribution in [1.82, 2.24) is 4.90 Å². The minimum Gasteiger partial charge on any atom is -0.520 e. The predicted octanol–water partition coefficient (Wildman–Crippen LogP) is 4.45. The molecule has 0 rings (SSSR count). The van der Waals surface area contributed by atoms with E-state index >= 15 is 0 Å². The van der Waals surface area contributed by atoms with Crippen LogP contribution in [-0.2, 0) is 22.9 Å². The highest BCUT2D eigenvalue weighted by Gasteiger charge is 2.34. The maximum atomic E-state index is 12.9. The molecule has 0 aliphatic heterocycles. The van der Waals surface area contributed by atoms with Crippen molar-refractivity contribution in [2.75, 3.05) is 19.7 Å². The number of likely N-dealkylation sites (N-methyl/N-ethyl adjacent to an activating group) is 1. The van der Waals surface area contributed by atoms with Crippen LogP contribution in [0.1, 0.15) is 26.7 Å². The summed E-state index contributed by atoms with van der Waals surface area (Å²) in [6, 6.07) is 0.435. The molecule has 0 radical (unpaired) electrons. The minimum absolute atomic E-state index is 0.0493. The zero-order chi connectivity index (χ0) is 22.2. The molecular weight excluding hydrogens is 406 g/mol. The molecule has 28 heavy (non-hydrogen) atoms. The van der Waals surface area contributed by atoms with Crippen LogP contribution in [0.2, 0.25) is 58.4 Å². The van der Waals surface area contributed by atoms with E-state index in [1.54, 1.807) is 0 Å². The Balaban J connectivity index is 5.20. The Morgan fingerprint density at radius 3 is 1.86 bits per heavy atom. The van der Waals surface area contributed by atoms with Gasteiger partial charge in [0.05, 0.1) is 6.42 Å². The molecule has 0 amide bonds. The molecule has 0 saturated carbocycles. The Morgan fingerprint density at radius 1 is 0.893 bits per heavy atom. The fraction of sp³-hybridized carbons (Fsp3) is 0.895. The summed E-state index contributed by atoms with van der Waals surface area (Å²) in [5.41, 5.74) is 0. The van der Waals surface area contributed by atoms with Gasteiger partial charge in [-0.25, -0.2) is 0 Å². The molecule has 9 heteroatoms. The van der Waals surface area contributed by atoms with Crippen LogP contribution >= 0.6 is 0 Å². The molecule has 0 N–H and O–H groups in total. The molecule has 0 aromatic rings. The summed E-state index contributed by atoms with van der Waals surface area (Å²) in [5, 5.41) is 0. The first-order chi connectivity index (χ1) is 12.6. The Morgan fingerprint density at radius 2 is 1.43 bits per heavy atom. The molecule has 0 aromatic heterocycles. The van der Waals surface area contributed by atoms with E-state index in [1.807, 2.05) is 53.1 Å². The molecule has 166 valence electrons.